The quantitative estimate of drug-likeness (QED) is 0.318. The third-order valence-corrected chi connectivity index (χ3v) is 5.75. The van der Waals surface area contributed by atoms with E-state index in [-0.39, 0.29) is 5.56 Å². The van der Waals surface area contributed by atoms with E-state index in [0.717, 1.165) is 22.0 Å². The van der Waals surface area contributed by atoms with E-state index in [1.807, 2.05) is 0 Å². The Balaban J connectivity index is 1.67. The minimum atomic E-state index is -4.48. The van der Waals surface area contributed by atoms with Crippen molar-refractivity contribution >= 4 is 45.1 Å². The first-order chi connectivity index (χ1) is 14.7. The summed E-state index contributed by atoms with van der Waals surface area (Å²) in [4.78, 5) is 24.4. The molecule has 1 heterocycles. The fraction of sp³-hybridized carbons (Fsp3) is 0.0435. The molecule has 3 aromatic carbocycles. The summed E-state index contributed by atoms with van der Waals surface area (Å²) in [6.45, 7) is 0. The second-order valence-corrected chi connectivity index (χ2v) is 8.09. The normalized spacial score (nSPS) is 12.0. The van der Waals surface area contributed by atoms with Crippen LogP contribution in [0.3, 0.4) is 0 Å². The van der Waals surface area contributed by atoms with Crippen LogP contribution in [0.5, 0.6) is 0 Å². The molecule has 8 heteroatoms. The molecule has 31 heavy (non-hydrogen) atoms. The van der Waals surface area contributed by atoms with Crippen molar-refractivity contribution in [3.8, 4) is 11.1 Å². The highest BCUT2D eigenvalue weighted by Gasteiger charge is 2.33. The van der Waals surface area contributed by atoms with E-state index in [1.54, 1.807) is 42.5 Å². The van der Waals surface area contributed by atoms with Crippen molar-refractivity contribution in [2.45, 2.75) is 6.18 Å². The molecule has 0 aliphatic rings. The number of thiazole rings is 1. The van der Waals surface area contributed by atoms with Gasteiger partial charge in [0, 0.05) is 11.1 Å². The minimum absolute atomic E-state index is 0.0495. The van der Waals surface area contributed by atoms with Crippen molar-refractivity contribution in [1.82, 2.24) is 4.57 Å². The van der Waals surface area contributed by atoms with E-state index in [2.05, 4.69) is 0 Å². The van der Waals surface area contributed by atoms with Crippen LogP contribution in [0, 0.1) is 0 Å². The van der Waals surface area contributed by atoms with Gasteiger partial charge < -0.3 is 0 Å². The number of hydrogen-bond donors (Lipinski definition) is 0. The van der Waals surface area contributed by atoms with E-state index < -0.39 is 22.5 Å². The number of rotatable bonds is 3. The van der Waals surface area contributed by atoms with Gasteiger partial charge >= 0.3 is 11.0 Å². The van der Waals surface area contributed by atoms with Crippen LogP contribution in [-0.4, -0.2) is 10.5 Å². The highest BCUT2D eigenvalue weighted by Crippen LogP contribution is 2.37. The van der Waals surface area contributed by atoms with Crippen LogP contribution < -0.4 is 4.87 Å². The second kappa shape index (κ2) is 8.17. The highest BCUT2D eigenvalue weighted by atomic mass is 35.5. The molecule has 0 atom stereocenters. The molecule has 0 aliphatic heterocycles. The van der Waals surface area contributed by atoms with Crippen molar-refractivity contribution in [2.75, 3.05) is 0 Å². The number of nitrogens with zero attached hydrogens (tertiary/aromatic N) is 1. The highest BCUT2D eigenvalue weighted by molar-refractivity contribution is 7.16. The smallest absolute Gasteiger partial charge is 0.269 e. The molecular formula is C23H13ClF3NO2S. The lowest BCUT2D eigenvalue weighted by molar-refractivity contribution is -0.137. The lowest BCUT2D eigenvalue weighted by Gasteiger charge is -2.13. The SMILES string of the molecule is O=C(C=Cc1cccc(-c2ccccc2C(F)(F)F)c1)n1c(=O)sc2cc(Cl)ccc21. The van der Waals surface area contributed by atoms with Crippen molar-refractivity contribution in [3.05, 3.63) is 98.6 Å². The van der Waals surface area contributed by atoms with Crippen LogP contribution in [-0.2, 0) is 6.18 Å². The van der Waals surface area contributed by atoms with Gasteiger partial charge in [-0.15, -0.1) is 0 Å². The third-order valence-electron chi connectivity index (χ3n) is 4.61. The van der Waals surface area contributed by atoms with Gasteiger partial charge in [0.25, 0.3) is 5.91 Å². The molecule has 0 N–H and O–H groups in total. The van der Waals surface area contributed by atoms with Crippen LogP contribution in [0.2, 0.25) is 5.02 Å². The molecule has 0 radical (unpaired) electrons. The molecule has 0 aliphatic carbocycles. The first-order valence-electron chi connectivity index (χ1n) is 9.04. The lowest BCUT2D eigenvalue weighted by Crippen LogP contribution is -2.19. The van der Waals surface area contributed by atoms with Crippen molar-refractivity contribution in [2.24, 2.45) is 0 Å². The van der Waals surface area contributed by atoms with Crippen LogP contribution >= 0.6 is 22.9 Å². The monoisotopic (exact) mass is 459 g/mol. The predicted octanol–water partition coefficient (Wildman–Crippen LogP) is 6.76. The van der Waals surface area contributed by atoms with Gasteiger partial charge in [-0.2, -0.15) is 13.2 Å². The van der Waals surface area contributed by atoms with Crippen molar-refractivity contribution in [3.63, 3.8) is 0 Å². The summed E-state index contributed by atoms with van der Waals surface area (Å²) in [6.07, 6.45) is -1.80. The maximum Gasteiger partial charge on any atom is 0.417 e. The van der Waals surface area contributed by atoms with Crippen LogP contribution in [0.15, 0.2) is 77.6 Å². The molecule has 4 rings (SSSR count). The predicted molar refractivity (Wildman–Crippen MR) is 118 cm³/mol. The number of aromatic nitrogens is 1. The number of hydrogen-bond acceptors (Lipinski definition) is 3. The van der Waals surface area contributed by atoms with Gasteiger partial charge in [-0.1, -0.05) is 59.3 Å². The molecule has 4 aromatic rings. The van der Waals surface area contributed by atoms with Gasteiger partial charge in [0.05, 0.1) is 15.8 Å². The Morgan fingerprint density at radius 1 is 1.00 bits per heavy atom. The zero-order valence-corrected chi connectivity index (χ0v) is 17.3. The van der Waals surface area contributed by atoms with E-state index in [9.17, 15) is 22.8 Å². The number of benzene rings is 3. The van der Waals surface area contributed by atoms with Gasteiger partial charge in [0.15, 0.2) is 0 Å². The molecule has 0 amide bonds. The summed E-state index contributed by atoms with van der Waals surface area (Å²) in [7, 11) is 0. The summed E-state index contributed by atoms with van der Waals surface area (Å²) in [5, 5.41) is 0.458. The third kappa shape index (κ3) is 4.33. The Morgan fingerprint density at radius 2 is 1.77 bits per heavy atom. The maximum absolute atomic E-state index is 13.3. The molecule has 0 saturated heterocycles. The molecule has 0 bridgehead atoms. The van der Waals surface area contributed by atoms with Crippen LogP contribution in [0.25, 0.3) is 27.4 Å². The van der Waals surface area contributed by atoms with Gasteiger partial charge in [-0.05, 0) is 53.1 Å². The van der Waals surface area contributed by atoms with Crippen LogP contribution in [0.4, 0.5) is 13.2 Å². The van der Waals surface area contributed by atoms with Crippen molar-refractivity contribution < 1.29 is 18.0 Å². The average molecular weight is 460 g/mol. The number of carbonyl (C=O) groups is 1. The molecule has 156 valence electrons. The van der Waals surface area contributed by atoms with Gasteiger partial charge in [-0.25, -0.2) is 4.57 Å². The first-order valence-corrected chi connectivity index (χ1v) is 10.2. The fourth-order valence-electron chi connectivity index (χ4n) is 3.24. The summed E-state index contributed by atoms with van der Waals surface area (Å²) >= 11 is 6.84. The summed E-state index contributed by atoms with van der Waals surface area (Å²) in [6, 6.07) is 16.5. The molecule has 0 unspecified atom stereocenters. The second-order valence-electron chi connectivity index (χ2n) is 6.66. The fourth-order valence-corrected chi connectivity index (χ4v) is 4.39. The van der Waals surface area contributed by atoms with E-state index >= 15 is 0 Å². The maximum atomic E-state index is 13.3. The largest absolute Gasteiger partial charge is 0.417 e. The Labute approximate surface area is 183 Å². The molecule has 0 spiro atoms. The number of carbonyl (C=O) groups excluding carboxylic acids is 1. The lowest BCUT2D eigenvalue weighted by atomic mass is 9.97. The summed E-state index contributed by atoms with van der Waals surface area (Å²) < 4.78 is 41.6. The first kappa shape index (κ1) is 21.1. The molecule has 0 fully saturated rings. The summed E-state index contributed by atoms with van der Waals surface area (Å²) in [5.74, 6) is -0.556. The number of allylic oxidation sites excluding steroid dienone is 1. The molecule has 3 nitrogen and oxygen atoms in total. The molecule has 0 saturated carbocycles. The Bertz CT molecular complexity index is 1390. The zero-order valence-electron chi connectivity index (χ0n) is 15.7. The number of fused-ring (bicyclic) bond motifs is 1. The Hall–Kier alpha value is -3.16. The van der Waals surface area contributed by atoms with E-state index in [1.165, 1.54) is 30.4 Å². The molecule has 1 aromatic heterocycles. The van der Waals surface area contributed by atoms with Gasteiger partial charge in [0.1, 0.15) is 0 Å². The topological polar surface area (TPSA) is 39.1 Å². The summed E-state index contributed by atoms with van der Waals surface area (Å²) in [5.41, 5.74) is 0.659. The Kier molecular flexibility index (Phi) is 5.56. The minimum Gasteiger partial charge on any atom is -0.269 e. The van der Waals surface area contributed by atoms with Crippen molar-refractivity contribution in [1.29, 1.82) is 0 Å². The molecular weight excluding hydrogens is 447 g/mol. The van der Waals surface area contributed by atoms with E-state index in [0.29, 0.717) is 26.4 Å². The Morgan fingerprint density at radius 3 is 2.55 bits per heavy atom. The van der Waals surface area contributed by atoms with Gasteiger partial charge in [-0.3, -0.25) is 9.59 Å². The van der Waals surface area contributed by atoms with Crippen LogP contribution in [0.1, 0.15) is 15.9 Å². The van der Waals surface area contributed by atoms with E-state index in [4.69, 9.17) is 11.6 Å². The average Bonchev–Trinajstić information content (AvgIpc) is 3.06. The van der Waals surface area contributed by atoms with Gasteiger partial charge in [0.2, 0.25) is 0 Å². The standard InChI is InChI=1S/C23H13ClF3NO2S/c24-16-9-10-19-20(13-16)31-22(30)28(19)21(29)11-8-14-4-3-5-15(12-14)17-6-1-2-7-18(17)23(25,26)27/h1-13H. The number of halogens is 4. The number of alkyl halides is 3. The zero-order chi connectivity index (χ0) is 22.2.